The Morgan fingerprint density at radius 2 is 1.93 bits per heavy atom. The lowest BCUT2D eigenvalue weighted by molar-refractivity contribution is -0.114. The first-order valence-corrected chi connectivity index (χ1v) is 6.70. The van der Waals surface area contributed by atoms with Crippen LogP contribution < -0.4 is 5.73 Å². The second-order valence-electron chi connectivity index (χ2n) is 2.86. The van der Waals surface area contributed by atoms with Gasteiger partial charge < -0.3 is 10.5 Å². The van der Waals surface area contributed by atoms with Gasteiger partial charge in [0, 0.05) is 17.3 Å². The first-order chi connectivity index (χ1) is 7.09. The molecule has 0 atom stereocenters. The van der Waals surface area contributed by atoms with Crippen LogP contribution in [-0.2, 0) is 9.59 Å². The largest absolute Gasteiger partial charge is 0.366 e. The summed E-state index contributed by atoms with van der Waals surface area (Å²) >= 11 is 6.27. The van der Waals surface area contributed by atoms with Crippen LogP contribution in [0.5, 0.6) is 0 Å². The summed E-state index contributed by atoms with van der Waals surface area (Å²) in [4.78, 5) is 21.3. The van der Waals surface area contributed by atoms with Crippen LogP contribution in [0.2, 0.25) is 0 Å². The van der Waals surface area contributed by atoms with E-state index >= 15 is 0 Å². The summed E-state index contributed by atoms with van der Waals surface area (Å²) in [5.74, 6) is -0.392. The fourth-order valence-electron chi connectivity index (χ4n) is 0.553. The van der Waals surface area contributed by atoms with Crippen molar-refractivity contribution < 1.29 is 9.59 Å². The number of carbonyl (C=O) groups is 2. The average Bonchev–Trinajstić information content (AvgIpc) is 2.24. The third kappa shape index (κ3) is 16.5. The van der Waals surface area contributed by atoms with Crippen LogP contribution in [0.15, 0.2) is 10.6 Å². The number of primary amides is 1. The van der Waals surface area contributed by atoms with Crippen LogP contribution in [0, 0.1) is 0 Å². The van der Waals surface area contributed by atoms with E-state index in [2.05, 4.69) is 31.9 Å². The van der Waals surface area contributed by atoms with E-state index in [9.17, 15) is 9.59 Å². The lowest BCUT2D eigenvalue weighted by Crippen LogP contribution is -2.10. The Bertz CT molecular complexity index is 206. The number of alkyl halides is 1. The van der Waals surface area contributed by atoms with E-state index in [0.29, 0.717) is 5.57 Å². The number of halogens is 2. The van der Waals surface area contributed by atoms with Gasteiger partial charge >= 0.3 is 0 Å². The fraction of sp³-hybridized carbons (Fsp3) is 0.600. The highest BCUT2D eigenvalue weighted by molar-refractivity contribution is 9.11. The van der Waals surface area contributed by atoms with Crippen molar-refractivity contribution in [2.75, 3.05) is 5.33 Å². The highest BCUT2D eigenvalue weighted by Gasteiger charge is 1.91. The van der Waals surface area contributed by atoms with Crippen LogP contribution >= 0.6 is 31.9 Å². The van der Waals surface area contributed by atoms with Crippen molar-refractivity contribution in [1.82, 2.24) is 0 Å². The number of aldehydes is 1. The number of carbonyl (C=O) groups excluding carboxylic acids is 2. The molecule has 15 heavy (non-hydrogen) atoms. The summed E-state index contributed by atoms with van der Waals surface area (Å²) in [6.07, 6.45) is 5.12. The lowest BCUT2D eigenvalue weighted by atomic mass is 10.2. The van der Waals surface area contributed by atoms with E-state index in [1.165, 1.54) is 17.8 Å². The zero-order valence-corrected chi connectivity index (χ0v) is 12.0. The fourth-order valence-corrected chi connectivity index (χ4v) is 1.17. The third-order valence-corrected chi connectivity index (χ3v) is 2.76. The number of nitrogens with two attached hydrogens (primary N) is 1. The molecule has 0 rings (SSSR count). The van der Waals surface area contributed by atoms with Gasteiger partial charge in [0.15, 0.2) is 0 Å². The molecule has 0 heterocycles. The summed E-state index contributed by atoms with van der Waals surface area (Å²) in [5, 5.41) is 1.06. The molecule has 0 aliphatic rings. The summed E-state index contributed by atoms with van der Waals surface area (Å²) in [7, 11) is 0. The Morgan fingerprint density at radius 1 is 1.33 bits per heavy atom. The molecule has 0 saturated carbocycles. The normalized spacial score (nSPS) is 10.2. The first kappa shape index (κ1) is 17.2. The second-order valence-corrected chi connectivity index (χ2v) is 4.11. The van der Waals surface area contributed by atoms with E-state index in [0.717, 1.165) is 24.5 Å². The van der Waals surface area contributed by atoms with E-state index in [1.807, 2.05) is 0 Å². The highest BCUT2D eigenvalue weighted by atomic mass is 79.9. The Labute approximate surface area is 108 Å². The van der Waals surface area contributed by atoms with Gasteiger partial charge in [-0.1, -0.05) is 38.3 Å². The predicted octanol–water partition coefficient (Wildman–Crippen LogP) is 2.91. The molecule has 3 nitrogen and oxygen atoms in total. The van der Waals surface area contributed by atoms with Gasteiger partial charge in [0.2, 0.25) is 5.91 Å². The van der Waals surface area contributed by atoms with Gasteiger partial charge in [-0.05, 0) is 24.8 Å². The molecule has 88 valence electrons. The quantitative estimate of drug-likeness (QED) is 0.349. The Hall–Kier alpha value is -0.160. The van der Waals surface area contributed by atoms with Gasteiger partial charge in [-0.15, -0.1) is 0 Å². The molecule has 0 bridgehead atoms. The van der Waals surface area contributed by atoms with Gasteiger partial charge in [-0.3, -0.25) is 4.79 Å². The van der Waals surface area contributed by atoms with Gasteiger partial charge in [-0.2, -0.15) is 0 Å². The molecule has 0 spiro atoms. The van der Waals surface area contributed by atoms with Gasteiger partial charge in [0.1, 0.15) is 6.29 Å². The zero-order chi connectivity index (χ0) is 12.1. The van der Waals surface area contributed by atoms with E-state index < -0.39 is 5.91 Å². The first-order valence-electron chi connectivity index (χ1n) is 4.66. The molecule has 2 N–H and O–H groups in total. The molecular formula is C10H17Br2NO2. The second kappa shape index (κ2) is 13.8. The summed E-state index contributed by atoms with van der Waals surface area (Å²) < 4.78 is 0. The predicted molar refractivity (Wildman–Crippen MR) is 70.2 cm³/mol. The number of amides is 1. The van der Waals surface area contributed by atoms with E-state index in [4.69, 9.17) is 5.73 Å². The lowest BCUT2D eigenvalue weighted by Gasteiger charge is -1.89. The molecule has 0 aliphatic heterocycles. The molecule has 0 aromatic carbocycles. The Morgan fingerprint density at radius 3 is 2.20 bits per heavy atom. The van der Waals surface area contributed by atoms with Gasteiger partial charge in [0.05, 0.1) is 0 Å². The molecule has 0 saturated heterocycles. The van der Waals surface area contributed by atoms with Crippen LogP contribution in [0.4, 0.5) is 0 Å². The molecule has 0 aromatic rings. The van der Waals surface area contributed by atoms with Crippen LogP contribution in [0.25, 0.3) is 0 Å². The van der Waals surface area contributed by atoms with Crippen LogP contribution in [-0.4, -0.2) is 17.5 Å². The summed E-state index contributed by atoms with van der Waals surface area (Å²) in [6, 6.07) is 0. The Kier molecular flexibility index (Phi) is 15.9. The van der Waals surface area contributed by atoms with Gasteiger partial charge in [0.25, 0.3) is 0 Å². The minimum atomic E-state index is -0.392. The van der Waals surface area contributed by atoms with Crippen molar-refractivity contribution in [2.45, 2.75) is 32.6 Å². The van der Waals surface area contributed by atoms with Crippen molar-refractivity contribution in [3.05, 3.63) is 10.6 Å². The monoisotopic (exact) mass is 341 g/mol. The third-order valence-electron chi connectivity index (χ3n) is 1.51. The number of hydrogen-bond acceptors (Lipinski definition) is 2. The summed E-state index contributed by atoms with van der Waals surface area (Å²) in [5.41, 5.74) is 5.34. The van der Waals surface area contributed by atoms with E-state index in [1.54, 1.807) is 6.92 Å². The molecular weight excluding hydrogens is 326 g/mol. The SMILES string of the molecule is CC(=CBr)C(N)=O.O=CCCCCCBr. The Balaban J connectivity index is 0. The van der Waals surface area contributed by atoms with Crippen LogP contribution in [0.3, 0.4) is 0 Å². The average molecular weight is 343 g/mol. The molecule has 5 heteroatoms. The maximum Gasteiger partial charge on any atom is 0.244 e. The zero-order valence-electron chi connectivity index (χ0n) is 8.84. The van der Waals surface area contributed by atoms with E-state index in [-0.39, 0.29) is 0 Å². The smallest absolute Gasteiger partial charge is 0.244 e. The molecule has 0 radical (unpaired) electrons. The van der Waals surface area contributed by atoms with Crippen molar-refractivity contribution in [2.24, 2.45) is 5.73 Å². The van der Waals surface area contributed by atoms with Crippen molar-refractivity contribution in [1.29, 1.82) is 0 Å². The number of unbranched alkanes of at least 4 members (excludes halogenated alkanes) is 3. The minimum Gasteiger partial charge on any atom is -0.366 e. The van der Waals surface area contributed by atoms with Crippen LogP contribution in [0.1, 0.15) is 32.6 Å². The molecule has 0 aliphatic carbocycles. The number of rotatable bonds is 6. The minimum absolute atomic E-state index is 0.392. The van der Waals surface area contributed by atoms with Gasteiger partial charge in [-0.25, -0.2) is 0 Å². The molecule has 1 amide bonds. The molecule has 0 unspecified atom stereocenters. The standard InChI is InChI=1S/C6H11BrO.C4H6BrNO/c7-5-3-1-2-4-6-8;1-3(2-5)4(6)7/h6H,1-5H2;2H,1H3,(H2,6,7). The maximum absolute atomic E-state index is 10.1. The van der Waals surface area contributed by atoms with Crippen molar-refractivity contribution in [3.63, 3.8) is 0 Å². The highest BCUT2D eigenvalue weighted by Crippen LogP contribution is 1.99. The maximum atomic E-state index is 10.1. The molecule has 0 aromatic heterocycles. The topological polar surface area (TPSA) is 60.2 Å². The van der Waals surface area contributed by atoms with Crippen molar-refractivity contribution >= 4 is 44.1 Å². The molecule has 0 fully saturated rings. The summed E-state index contributed by atoms with van der Waals surface area (Å²) in [6.45, 7) is 1.64. The number of hydrogen-bond donors (Lipinski definition) is 1. The van der Waals surface area contributed by atoms with Crippen molar-refractivity contribution in [3.8, 4) is 0 Å².